The topological polar surface area (TPSA) is 71.1 Å². The van der Waals surface area contributed by atoms with E-state index in [2.05, 4.69) is 10.2 Å². The van der Waals surface area contributed by atoms with E-state index in [1.165, 1.54) is 0 Å². The zero-order valence-electron chi connectivity index (χ0n) is 16.8. The molecule has 0 atom stereocenters. The lowest BCUT2D eigenvalue weighted by molar-refractivity contribution is -0.126. The van der Waals surface area contributed by atoms with Gasteiger partial charge < -0.3 is 24.6 Å². The van der Waals surface area contributed by atoms with E-state index in [1.807, 2.05) is 14.1 Å². The first-order valence-electron chi connectivity index (χ1n) is 9.40. The quantitative estimate of drug-likeness (QED) is 0.697. The number of piperidine rings is 1. The SMILES string of the molecule is COc1cccc(OC)c1C(=O)N1CCC(C(=O)NCCCN(C)C)CC1. The van der Waals surface area contributed by atoms with Gasteiger partial charge in [-0.3, -0.25) is 9.59 Å². The largest absolute Gasteiger partial charge is 0.496 e. The Bertz CT molecular complexity index is 618. The van der Waals surface area contributed by atoms with E-state index in [1.54, 1.807) is 37.3 Å². The standard InChI is InChI=1S/C20H31N3O4/c1-22(2)12-6-11-21-19(24)15-9-13-23(14-10-15)20(25)18-16(26-3)7-5-8-17(18)27-4/h5,7-8,15H,6,9-14H2,1-4H3,(H,21,24). The number of rotatable bonds is 8. The van der Waals surface area contributed by atoms with E-state index < -0.39 is 0 Å². The molecule has 150 valence electrons. The van der Waals surface area contributed by atoms with Crippen LogP contribution in [0.1, 0.15) is 29.6 Å². The van der Waals surface area contributed by atoms with Crippen LogP contribution < -0.4 is 14.8 Å². The van der Waals surface area contributed by atoms with E-state index in [0.717, 1.165) is 13.0 Å². The molecule has 0 saturated carbocycles. The highest BCUT2D eigenvalue weighted by Crippen LogP contribution is 2.31. The molecule has 0 aliphatic carbocycles. The average molecular weight is 377 g/mol. The van der Waals surface area contributed by atoms with Crippen LogP contribution in [-0.4, -0.2) is 76.1 Å². The van der Waals surface area contributed by atoms with Crippen LogP contribution in [0.2, 0.25) is 0 Å². The fourth-order valence-corrected chi connectivity index (χ4v) is 3.32. The summed E-state index contributed by atoms with van der Waals surface area (Å²) in [5.41, 5.74) is 0.439. The molecule has 2 amide bonds. The maximum Gasteiger partial charge on any atom is 0.261 e. The van der Waals surface area contributed by atoms with Gasteiger partial charge in [0.05, 0.1) is 14.2 Å². The van der Waals surface area contributed by atoms with E-state index >= 15 is 0 Å². The fourth-order valence-electron chi connectivity index (χ4n) is 3.32. The van der Waals surface area contributed by atoms with Crippen molar-refractivity contribution < 1.29 is 19.1 Å². The second-order valence-electron chi connectivity index (χ2n) is 7.05. The Labute approximate surface area is 161 Å². The number of ether oxygens (including phenoxy) is 2. The predicted octanol–water partition coefficient (Wildman–Crippen LogP) is 1.62. The Hall–Kier alpha value is -2.28. The molecule has 1 aromatic carbocycles. The van der Waals surface area contributed by atoms with Gasteiger partial charge in [-0.15, -0.1) is 0 Å². The number of methoxy groups -OCH3 is 2. The summed E-state index contributed by atoms with van der Waals surface area (Å²) in [6.07, 6.45) is 2.27. The summed E-state index contributed by atoms with van der Waals surface area (Å²) >= 11 is 0. The molecule has 1 N–H and O–H groups in total. The molecule has 0 bridgehead atoms. The lowest BCUT2D eigenvalue weighted by Crippen LogP contribution is -2.43. The maximum atomic E-state index is 13.0. The smallest absolute Gasteiger partial charge is 0.261 e. The molecular weight excluding hydrogens is 346 g/mol. The zero-order valence-corrected chi connectivity index (χ0v) is 16.8. The van der Waals surface area contributed by atoms with Gasteiger partial charge in [-0.2, -0.15) is 0 Å². The fraction of sp³-hybridized carbons (Fsp3) is 0.600. The molecule has 1 saturated heterocycles. The van der Waals surface area contributed by atoms with Crippen molar-refractivity contribution in [3.05, 3.63) is 23.8 Å². The van der Waals surface area contributed by atoms with Gasteiger partial charge in [-0.25, -0.2) is 0 Å². The second-order valence-corrected chi connectivity index (χ2v) is 7.05. The van der Waals surface area contributed by atoms with Crippen LogP contribution in [0.25, 0.3) is 0 Å². The minimum atomic E-state index is -0.117. The average Bonchev–Trinajstić information content (AvgIpc) is 2.69. The first kappa shape index (κ1) is 21.0. The van der Waals surface area contributed by atoms with Crippen molar-refractivity contribution in [1.29, 1.82) is 0 Å². The van der Waals surface area contributed by atoms with Crippen molar-refractivity contribution in [3.63, 3.8) is 0 Å². The summed E-state index contributed by atoms with van der Waals surface area (Å²) in [4.78, 5) is 29.2. The summed E-state index contributed by atoms with van der Waals surface area (Å²) in [6.45, 7) is 2.74. The first-order chi connectivity index (χ1) is 13.0. The number of hydrogen-bond acceptors (Lipinski definition) is 5. The number of carbonyl (C=O) groups is 2. The number of hydrogen-bond donors (Lipinski definition) is 1. The van der Waals surface area contributed by atoms with Crippen molar-refractivity contribution in [2.24, 2.45) is 5.92 Å². The molecule has 1 aliphatic rings. The van der Waals surface area contributed by atoms with Crippen molar-refractivity contribution in [3.8, 4) is 11.5 Å². The minimum absolute atomic E-state index is 0.0343. The van der Waals surface area contributed by atoms with Crippen LogP contribution in [0, 0.1) is 5.92 Å². The van der Waals surface area contributed by atoms with E-state index in [4.69, 9.17) is 9.47 Å². The summed E-state index contributed by atoms with van der Waals surface area (Å²) in [7, 11) is 7.12. The van der Waals surface area contributed by atoms with Crippen LogP contribution in [0.15, 0.2) is 18.2 Å². The van der Waals surface area contributed by atoms with Crippen LogP contribution >= 0.6 is 0 Å². The third kappa shape index (κ3) is 5.60. The summed E-state index contributed by atoms with van der Waals surface area (Å²) in [5, 5.41) is 3.01. The molecule has 1 aliphatic heterocycles. The maximum absolute atomic E-state index is 13.0. The van der Waals surface area contributed by atoms with Crippen LogP contribution in [0.5, 0.6) is 11.5 Å². The third-order valence-corrected chi connectivity index (χ3v) is 4.88. The molecule has 2 rings (SSSR count). The lowest BCUT2D eigenvalue weighted by atomic mass is 9.95. The van der Waals surface area contributed by atoms with Gasteiger partial charge >= 0.3 is 0 Å². The highest BCUT2D eigenvalue weighted by molar-refractivity contribution is 5.99. The van der Waals surface area contributed by atoms with E-state index in [-0.39, 0.29) is 17.7 Å². The molecule has 0 aromatic heterocycles. The summed E-state index contributed by atoms with van der Waals surface area (Å²) in [6, 6.07) is 5.30. The molecule has 0 unspecified atom stereocenters. The Morgan fingerprint density at radius 1 is 1.15 bits per heavy atom. The first-order valence-corrected chi connectivity index (χ1v) is 9.40. The number of carbonyl (C=O) groups excluding carboxylic acids is 2. The summed E-state index contributed by atoms with van der Waals surface area (Å²) in [5.74, 6) is 0.943. The second kappa shape index (κ2) is 10.2. The van der Waals surface area contributed by atoms with E-state index in [9.17, 15) is 9.59 Å². The van der Waals surface area contributed by atoms with Gasteiger partial charge in [0, 0.05) is 25.6 Å². The Balaban J connectivity index is 1.90. The van der Waals surface area contributed by atoms with Crippen LogP contribution in [0.4, 0.5) is 0 Å². The normalized spacial score (nSPS) is 14.9. The van der Waals surface area contributed by atoms with Gasteiger partial charge in [0.15, 0.2) is 0 Å². The Kier molecular flexibility index (Phi) is 7.91. The molecule has 7 nitrogen and oxygen atoms in total. The number of nitrogens with one attached hydrogen (secondary N) is 1. The predicted molar refractivity (Wildman–Crippen MR) is 104 cm³/mol. The van der Waals surface area contributed by atoms with E-state index in [0.29, 0.717) is 49.5 Å². The zero-order chi connectivity index (χ0) is 19.8. The molecule has 7 heteroatoms. The highest BCUT2D eigenvalue weighted by atomic mass is 16.5. The highest BCUT2D eigenvalue weighted by Gasteiger charge is 2.30. The molecule has 1 fully saturated rings. The number of likely N-dealkylation sites (tertiary alicyclic amines) is 1. The molecule has 0 radical (unpaired) electrons. The van der Waals surface area contributed by atoms with Crippen LogP contribution in [0.3, 0.4) is 0 Å². The molecular formula is C20H31N3O4. The number of benzene rings is 1. The van der Waals surface area contributed by atoms with Gasteiger partial charge in [0.25, 0.3) is 5.91 Å². The third-order valence-electron chi connectivity index (χ3n) is 4.88. The lowest BCUT2D eigenvalue weighted by Gasteiger charge is -2.32. The van der Waals surface area contributed by atoms with Crippen molar-refractivity contribution in [2.45, 2.75) is 19.3 Å². The Morgan fingerprint density at radius 2 is 1.74 bits per heavy atom. The van der Waals surface area contributed by atoms with Crippen molar-refractivity contribution in [2.75, 3.05) is 54.5 Å². The minimum Gasteiger partial charge on any atom is -0.496 e. The van der Waals surface area contributed by atoms with Crippen molar-refractivity contribution >= 4 is 11.8 Å². The van der Waals surface area contributed by atoms with Crippen LogP contribution in [-0.2, 0) is 4.79 Å². The van der Waals surface area contributed by atoms with Gasteiger partial charge in [-0.05, 0) is 52.0 Å². The van der Waals surface area contributed by atoms with Crippen molar-refractivity contribution in [1.82, 2.24) is 15.1 Å². The van der Waals surface area contributed by atoms with Gasteiger partial charge in [0.2, 0.25) is 5.91 Å². The number of nitrogens with zero attached hydrogens (tertiary/aromatic N) is 2. The monoisotopic (exact) mass is 377 g/mol. The Morgan fingerprint density at radius 3 is 2.26 bits per heavy atom. The summed E-state index contributed by atoms with van der Waals surface area (Å²) < 4.78 is 10.7. The molecule has 1 heterocycles. The molecule has 27 heavy (non-hydrogen) atoms. The molecule has 0 spiro atoms. The molecule has 1 aromatic rings. The van der Waals surface area contributed by atoms with Gasteiger partial charge in [0.1, 0.15) is 17.1 Å². The number of amides is 2. The van der Waals surface area contributed by atoms with Gasteiger partial charge in [-0.1, -0.05) is 6.07 Å².